The highest BCUT2D eigenvalue weighted by molar-refractivity contribution is 5.60. The second kappa shape index (κ2) is 6.41. The van der Waals surface area contributed by atoms with E-state index in [0.29, 0.717) is 12.2 Å². The zero-order chi connectivity index (χ0) is 15.6. The molecular weight excluding hydrogens is 272 g/mol. The molecule has 1 aliphatic rings. The Morgan fingerprint density at radius 2 is 2.10 bits per heavy atom. The van der Waals surface area contributed by atoms with Crippen molar-refractivity contribution in [2.75, 3.05) is 19.0 Å². The van der Waals surface area contributed by atoms with Crippen LogP contribution in [-0.2, 0) is 9.47 Å². The Hall–Kier alpha value is -1.66. The Labute approximate surface area is 124 Å². The summed E-state index contributed by atoms with van der Waals surface area (Å²) in [6.45, 7) is 6.26. The molecule has 1 aromatic carbocycles. The predicted octanol–water partition coefficient (Wildman–Crippen LogP) is 2.82. The summed E-state index contributed by atoms with van der Waals surface area (Å²) in [6.07, 6.45) is 1.01. The Kier molecular flexibility index (Phi) is 4.80. The van der Waals surface area contributed by atoms with Crippen LogP contribution in [-0.4, -0.2) is 36.9 Å². The zero-order valence-corrected chi connectivity index (χ0v) is 12.9. The molecule has 0 heterocycles. The van der Waals surface area contributed by atoms with Crippen LogP contribution in [0.3, 0.4) is 0 Å². The number of nitrogens with one attached hydrogen (secondary N) is 1. The summed E-state index contributed by atoms with van der Waals surface area (Å²) in [6, 6.07) is 3.61. The Balaban J connectivity index is 2.10. The van der Waals surface area contributed by atoms with E-state index in [1.807, 2.05) is 19.9 Å². The van der Waals surface area contributed by atoms with E-state index in [1.165, 1.54) is 0 Å². The van der Waals surface area contributed by atoms with Crippen molar-refractivity contribution >= 4 is 11.4 Å². The van der Waals surface area contributed by atoms with Crippen molar-refractivity contribution in [3.8, 4) is 0 Å². The normalized spacial score (nSPS) is 24.5. The van der Waals surface area contributed by atoms with E-state index in [0.717, 1.165) is 17.7 Å². The minimum Gasteiger partial charge on any atom is -0.379 e. The first-order chi connectivity index (χ1) is 9.97. The highest BCUT2D eigenvalue weighted by Gasteiger charge is 2.42. The summed E-state index contributed by atoms with van der Waals surface area (Å²) in [7, 11) is 1.68. The molecule has 0 bridgehead atoms. The number of nitro groups is 1. The summed E-state index contributed by atoms with van der Waals surface area (Å²) in [5.74, 6) is 0. The molecule has 6 nitrogen and oxygen atoms in total. The van der Waals surface area contributed by atoms with Gasteiger partial charge in [-0.05, 0) is 38.8 Å². The van der Waals surface area contributed by atoms with Gasteiger partial charge in [-0.25, -0.2) is 0 Å². The summed E-state index contributed by atoms with van der Waals surface area (Å²) >= 11 is 0. The first kappa shape index (κ1) is 15.7. The van der Waals surface area contributed by atoms with Crippen molar-refractivity contribution in [2.45, 2.75) is 45.4 Å². The molecular formula is C15H22N2O4. The van der Waals surface area contributed by atoms with Crippen molar-refractivity contribution in [3.63, 3.8) is 0 Å². The molecule has 1 fully saturated rings. The number of aryl methyl sites for hydroxylation is 2. The highest BCUT2D eigenvalue weighted by atomic mass is 16.6. The Bertz CT molecular complexity index is 533. The molecule has 0 saturated heterocycles. The molecule has 1 aromatic rings. The summed E-state index contributed by atoms with van der Waals surface area (Å²) in [5, 5.41) is 14.4. The number of rotatable bonds is 6. The summed E-state index contributed by atoms with van der Waals surface area (Å²) < 4.78 is 11.1. The second-order valence-electron chi connectivity index (χ2n) is 5.39. The SMILES string of the molecule is CCOC1CC(Nc2cc(C)c([N+](=O)[O-])cc2C)C1OC. The zero-order valence-electron chi connectivity index (χ0n) is 12.9. The fourth-order valence-electron chi connectivity index (χ4n) is 2.77. The molecule has 0 amide bonds. The van der Waals surface area contributed by atoms with Crippen LogP contribution < -0.4 is 5.32 Å². The smallest absolute Gasteiger partial charge is 0.272 e. The third kappa shape index (κ3) is 3.16. The number of hydrogen-bond donors (Lipinski definition) is 1. The fraction of sp³-hybridized carbons (Fsp3) is 0.600. The quantitative estimate of drug-likeness (QED) is 0.645. The van der Waals surface area contributed by atoms with Gasteiger partial charge in [0.2, 0.25) is 0 Å². The average molecular weight is 294 g/mol. The second-order valence-corrected chi connectivity index (χ2v) is 5.39. The van der Waals surface area contributed by atoms with Crippen LogP contribution >= 0.6 is 0 Å². The van der Waals surface area contributed by atoms with Crippen LogP contribution in [0.25, 0.3) is 0 Å². The van der Waals surface area contributed by atoms with Gasteiger partial charge in [0, 0.05) is 31.0 Å². The van der Waals surface area contributed by atoms with Crippen LogP contribution in [0, 0.1) is 24.0 Å². The Morgan fingerprint density at radius 1 is 1.38 bits per heavy atom. The lowest BCUT2D eigenvalue weighted by atomic mass is 9.84. The third-order valence-electron chi connectivity index (χ3n) is 3.98. The maximum atomic E-state index is 10.9. The minimum absolute atomic E-state index is 0.0137. The fourth-order valence-corrected chi connectivity index (χ4v) is 2.77. The number of ether oxygens (including phenoxy) is 2. The van der Waals surface area contributed by atoms with Crippen LogP contribution in [0.1, 0.15) is 24.5 Å². The number of methoxy groups -OCH3 is 1. The standard InChI is InChI=1S/C15H22N2O4/c1-5-21-14-8-12(15(14)20-4)16-11-6-10(3)13(17(18)19)7-9(11)2/h6-7,12,14-16H,5,8H2,1-4H3. The van der Waals surface area contributed by atoms with Gasteiger partial charge >= 0.3 is 0 Å². The molecule has 0 aromatic heterocycles. The number of nitro benzene ring substituents is 1. The lowest BCUT2D eigenvalue weighted by Gasteiger charge is -2.44. The monoisotopic (exact) mass is 294 g/mol. The van der Waals surface area contributed by atoms with Gasteiger partial charge in [-0.1, -0.05) is 0 Å². The molecule has 1 N–H and O–H groups in total. The van der Waals surface area contributed by atoms with Gasteiger partial charge in [0.1, 0.15) is 6.10 Å². The molecule has 3 atom stereocenters. The number of nitrogens with zero attached hydrogens (tertiary/aromatic N) is 1. The number of hydrogen-bond acceptors (Lipinski definition) is 5. The molecule has 116 valence electrons. The van der Waals surface area contributed by atoms with Crippen molar-refractivity contribution in [1.82, 2.24) is 0 Å². The van der Waals surface area contributed by atoms with Gasteiger partial charge in [0.25, 0.3) is 5.69 Å². The van der Waals surface area contributed by atoms with Crippen molar-refractivity contribution in [2.24, 2.45) is 0 Å². The van der Waals surface area contributed by atoms with E-state index in [4.69, 9.17) is 9.47 Å². The summed E-state index contributed by atoms with van der Waals surface area (Å²) in [5.41, 5.74) is 2.59. The van der Waals surface area contributed by atoms with E-state index < -0.39 is 0 Å². The van der Waals surface area contributed by atoms with Gasteiger partial charge < -0.3 is 14.8 Å². The van der Waals surface area contributed by atoms with Crippen LogP contribution in [0.15, 0.2) is 12.1 Å². The maximum Gasteiger partial charge on any atom is 0.272 e. The number of anilines is 1. The largest absolute Gasteiger partial charge is 0.379 e. The van der Waals surface area contributed by atoms with Crippen molar-refractivity contribution in [1.29, 1.82) is 0 Å². The van der Waals surface area contributed by atoms with Gasteiger partial charge in [-0.15, -0.1) is 0 Å². The topological polar surface area (TPSA) is 73.6 Å². The molecule has 0 spiro atoms. The molecule has 1 aliphatic carbocycles. The van der Waals surface area contributed by atoms with Crippen LogP contribution in [0.4, 0.5) is 11.4 Å². The molecule has 0 aliphatic heterocycles. The van der Waals surface area contributed by atoms with Gasteiger partial charge in [-0.3, -0.25) is 10.1 Å². The lowest BCUT2D eigenvalue weighted by Crippen LogP contribution is -2.56. The summed E-state index contributed by atoms with van der Waals surface area (Å²) in [4.78, 5) is 10.6. The first-order valence-corrected chi connectivity index (χ1v) is 7.14. The highest BCUT2D eigenvalue weighted by Crippen LogP contribution is 2.32. The molecule has 2 rings (SSSR count). The van der Waals surface area contributed by atoms with E-state index in [9.17, 15) is 10.1 Å². The van der Waals surface area contributed by atoms with Gasteiger partial charge in [0.15, 0.2) is 0 Å². The molecule has 6 heteroatoms. The lowest BCUT2D eigenvalue weighted by molar-refractivity contribution is -0.385. The van der Waals surface area contributed by atoms with Crippen LogP contribution in [0.5, 0.6) is 0 Å². The number of benzene rings is 1. The predicted molar refractivity (Wildman–Crippen MR) is 80.8 cm³/mol. The maximum absolute atomic E-state index is 10.9. The molecule has 1 saturated carbocycles. The molecule has 21 heavy (non-hydrogen) atoms. The Morgan fingerprint density at radius 3 is 2.67 bits per heavy atom. The van der Waals surface area contributed by atoms with Gasteiger partial charge in [0.05, 0.1) is 17.1 Å². The van der Waals surface area contributed by atoms with Crippen molar-refractivity contribution < 1.29 is 14.4 Å². The average Bonchev–Trinajstić information content (AvgIpc) is 2.40. The van der Waals surface area contributed by atoms with E-state index >= 15 is 0 Å². The van der Waals surface area contributed by atoms with E-state index in [1.54, 1.807) is 20.1 Å². The van der Waals surface area contributed by atoms with E-state index in [2.05, 4.69) is 5.32 Å². The van der Waals surface area contributed by atoms with Crippen LogP contribution in [0.2, 0.25) is 0 Å². The minimum atomic E-state index is -0.349. The van der Waals surface area contributed by atoms with Crippen molar-refractivity contribution in [3.05, 3.63) is 33.4 Å². The van der Waals surface area contributed by atoms with Gasteiger partial charge in [-0.2, -0.15) is 0 Å². The third-order valence-corrected chi connectivity index (χ3v) is 3.98. The first-order valence-electron chi connectivity index (χ1n) is 7.14. The molecule has 0 radical (unpaired) electrons. The molecule has 3 unspecified atom stereocenters. The van der Waals surface area contributed by atoms with E-state index in [-0.39, 0.29) is 28.9 Å².